The highest BCUT2D eigenvalue weighted by Crippen LogP contribution is 2.18. The van der Waals surface area contributed by atoms with Crippen molar-refractivity contribution >= 4 is 33.2 Å². The summed E-state index contributed by atoms with van der Waals surface area (Å²) in [4.78, 5) is 16.6. The first kappa shape index (κ1) is 15.0. The van der Waals surface area contributed by atoms with Crippen LogP contribution in [0.15, 0.2) is 28.7 Å². The molecule has 1 aromatic heterocycles. The number of esters is 1. The van der Waals surface area contributed by atoms with Crippen molar-refractivity contribution in [2.75, 3.05) is 13.2 Å². The molecule has 6 heteroatoms. The lowest BCUT2D eigenvalue weighted by atomic mass is 10.3. The molecule has 1 aromatic carbocycles. The summed E-state index contributed by atoms with van der Waals surface area (Å²) in [5, 5.41) is 0.862. The van der Waals surface area contributed by atoms with Crippen LogP contribution >= 0.6 is 27.3 Å². The van der Waals surface area contributed by atoms with E-state index in [9.17, 15) is 4.79 Å². The van der Waals surface area contributed by atoms with Gasteiger partial charge in [0.05, 0.1) is 10.7 Å². The molecule has 0 aliphatic carbocycles. The number of ether oxygens (including phenoxy) is 2. The highest BCUT2D eigenvalue weighted by molar-refractivity contribution is 9.10. The summed E-state index contributed by atoms with van der Waals surface area (Å²) in [5.41, 5.74) is 0.714. The molecule has 20 heavy (non-hydrogen) atoms. The quantitative estimate of drug-likeness (QED) is 0.605. The third-order valence-corrected chi connectivity index (χ3v) is 4.07. The number of carbonyl (C=O) groups is 1. The minimum Gasteiger partial charge on any atom is -0.490 e. The summed E-state index contributed by atoms with van der Waals surface area (Å²) in [5.74, 6) is 0.404. The van der Waals surface area contributed by atoms with E-state index in [1.807, 2.05) is 31.2 Å². The number of carbonyl (C=O) groups excluding carboxylic acids is 1. The van der Waals surface area contributed by atoms with Crippen molar-refractivity contribution in [2.45, 2.75) is 13.8 Å². The Hall–Kier alpha value is -1.40. The van der Waals surface area contributed by atoms with Crippen molar-refractivity contribution in [2.24, 2.45) is 0 Å². The van der Waals surface area contributed by atoms with Gasteiger partial charge in [-0.1, -0.05) is 15.9 Å². The lowest BCUT2D eigenvalue weighted by Crippen LogP contribution is -2.12. The van der Waals surface area contributed by atoms with Gasteiger partial charge < -0.3 is 9.47 Å². The van der Waals surface area contributed by atoms with Crippen LogP contribution in [-0.4, -0.2) is 24.2 Å². The van der Waals surface area contributed by atoms with Crippen LogP contribution in [0.4, 0.5) is 0 Å². The van der Waals surface area contributed by atoms with Crippen LogP contribution in [-0.2, 0) is 4.74 Å². The first-order valence-electron chi connectivity index (χ1n) is 6.06. The van der Waals surface area contributed by atoms with Gasteiger partial charge >= 0.3 is 5.97 Å². The molecule has 0 spiro atoms. The monoisotopic (exact) mass is 355 g/mol. The SMILES string of the molecule is Cc1nc(C)c(C(=O)OCCOc2ccc(Br)cc2)s1. The second-order valence-electron chi connectivity index (χ2n) is 4.09. The van der Waals surface area contributed by atoms with Gasteiger partial charge in [0.15, 0.2) is 0 Å². The maximum Gasteiger partial charge on any atom is 0.350 e. The molecule has 0 unspecified atom stereocenters. The summed E-state index contributed by atoms with van der Waals surface area (Å²) >= 11 is 4.70. The molecule has 2 rings (SSSR count). The minimum atomic E-state index is -0.340. The molecular formula is C14H14BrNO3S. The van der Waals surface area contributed by atoms with Crippen molar-refractivity contribution < 1.29 is 14.3 Å². The Morgan fingerprint density at radius 2 is 1.95 bits per heavy atom. The number of halogens is 1. The predicted octanol–water partition coefficient (Wildman–Crippen LogP) is 3.76. The second kappa shape index (κ2) is 6.85. The van der Waals surface area contributed by atoms with Crippen LogP contribution in [0, 0.1) is 13.8 Å². The molecule has 0 bridgehead atoms. The van der Waals surface area contributed by atoms with Crippen LogP contribution in [0.1, 0.15) is 20.4 Å². The molecule has 0 aliphatic heterocycles. The van der Waals surface area contributed by atoms with Crippen LogP contribution in [0.5, 0.6) is 5.75 Å². The van der Waals surface area contributed by atoms with Crippen molar-refractivity contribution in [3.8, 4) is 5.75 Å². The Bertz CT molecular complexity index is 595. The third kappa shape index (κ3) is 4.05. The van der Waals surface area contributed by atoms with E-state index in [0.717, 1.165) is 15.2 Å². The number of nitrogens with zero attached hydrogens (tertiary/aromatic N) is 1. The van der Waals surface area contributed by atoms with Gasteiger partial charge in [0.25, 0.3) is 0 Å². The van der Waals surface area contributed by atoms with E-state index in [0.29, 0.717) is 17.2 Å². The first-order chi connectivity index (χ1) is 9.56. The molecule has 1 heterocycles. The molecule has 0 radical (unpaired) electrons. The van der Waals surface area contributed by atoms with Gasteiger partial charge in [-0.3, -0.25) is 0 Å². The topological polar surface area (TPSA) is 48.4 Å². The van der Waals surface area contributed by atoms with E-state index in [1.54, 1.807) is 6.92 Å². The Kier molecular flexibility index (Phi) is 5.14. The largest absolute Gasteiger partial charge is 0.490 e. The number of hydrogen-bond donors (Lipinski definition) is 0. The number of aromatic nitrogens is 1. The zero-order valence-electron chi connectivity index (χ0n) is 11.2. The number of aryl methyl sites for hydroxylation is 2. The molecule has 4 nitrogen and oxygen atoms in total. The van der Waals surface area contributed by atoms with Gasteiger partial charge in [0.2, 0.25) is 0 Å². The third-order valence-electron chi connectivity index (χ3n) is 2.49. The first-order valence-corrected chi connectivity index (χ1v) is 7.67. The Balaban J connectivity index is 1.77. The molecule has 0 atom stereocenters. The van der Waals surface area contributed by atoms with Gasteiger partial charge in [-0.25, -0.2) is 9.78 Å². The van der Waals surface area contributed by atoms with E-state index in [4.69, 9.17) is 9.47 Å². The van der Waals surface area contributed by atoms with Gasteiger partial charge in [-0.05, 0) is 38.1 Å². The maximum absolute atomic E-state index is 11.8. The fraction of sp³-hybridized carbons (Fsp3) is 0.286. The number of thiazole rings is 1. The molecule has 0 amide bonds. The smallest absolute Gasteiger partial charge is 0.350 e. The van der Waals surface area contributed by atoms with E-state index in [-0.39, 0.29) is 12.6 Å². The van der Waals surface area contributed by atoms with Crippen molar-refractivity contribution in [1.82, 2.24) is 4.98 Å². The summed E-state index contributed by atoms with van der Waals surface area (Å²) in [6, 6.07) is 7.49. The zero-order valence-corrected chi connectivity index (χ0v) is 13.6. The van der Waals surface area contributed by atoms with Gasteiger partial charge in [0.1, 0.15) is 23.8 Å². The van der Waals surface area contributed by atoms with Crippen molar-refractivity contribution in [3.05, 3.63) is 44.3 Å². The molecule has 0 saturated carbocycles. The summed E-state index contributed by atoms with van der Waals surface area (Å²) in [6.45, 7) is 4.21. The molecule has 0 N–H and O–H groups in total. The van der Waals surface area contributed by atoms with Crippen LogP contribution in [0.2, 0.25) is 0 Å². The Morgan fingerprint density at radius 1 is 1.25 bits per heavy atom. The van der Waals surface area contributed by atoms with Gasteiger partial charge in [0, 0.05) is 4.47 Å². The lowest BCUT2D eigenvalue weighted by Gasteiger charge is -2.07. The Labute approximate surface area is 129 Å². The van der Waals surface area contributed by atoms with Crippen molar-refractivity contribution in [3.63, 3.8) is 0 Å². The Morgan fingerprint density at radius 3 is 2.55 bits per heavy atom. The maximum atomic E-state index is 11.8. The van der Waals surface area contributed by atoms with Gasteiger partial charge in [-0.2, -0.15) is 0 Å². The average Bonchev–Trinajstić information content (AvgIpc) is 2.75. The van der Waals surface area contributed by atoms with Crippen LogP contribution < -0.4 is 4.74 Å². The fourth-order valence-corrected chi connectivity index (χ4v) is 2.69. The van der Waals surface area contributed by atoms with E-state index >= 15 is 0 Å². The van der Waals surface area contributed by atoms with E-state index < -0.39 is 0 Å². The number of hydrogen-bond acceptors (Lipinski definition) is 5. The predicted molar refractivity (Wildman–Crippen MR) is 81.5 cm³/mol. The summed E-state index contributed by atoms with van der Waals surface area (Å²) in [6.07, 6.45) is 0. The standard InChI is InChI=1S/C14H14BrNO3S/c1-9-13(20-10(2)16-9)14(17)19-8-7-18-12-5-3-11(15)4-6-12/h3-6H,7-8H2,1-2H3. The minimum absolute atomic E-state index is 0.214. The summed E-state index contributed by atoms with van der Waals surface area (Å²) < 4.78 is 11.6. The normalized spacial score (nSPS) is 10.3. The summed E-state index contributed by atoms with van der Waals surface area (Å²) in [7, 11) is 0. The molecule has 0 fully saturated rings. The van der Waals surface area contributed by atoms with Crippen LogP contribution in [0.25, 0.3) is 0 Å². The van der Waals surface area contributed by atoms with Crippen molar-refractivity contribution in [1.29, 1.82) is 0 Å². The highest BCUT2D eigenvalue weighted by atomic mass is 79.9. The lowest BCUT2D eigenvalue weighted by molar-refractivity contribution is 0.0455. The fourth-order valence-electron chi connectivity index (χ4n) is 1.61. The van der Waals surface area contributed by atoms with E-state index in [2.05, 4.69) is 20.9 Å². The molecule has 2 aromatic rings. The molecule has 0 aliphatic rings. The average molecular weight is 356 g/mol. The van der Waals surface area contributed by atoms with Gasteiger partial charge in [-0.15, -0.1) is 11.3 Å². The second-order valence-corrected chi connectivity index (χ2v) is 6.20. The van der Waals surface area contributed by atoms with E-state index in [1.165, 1.54) is 11.3 Å². The molecular weight excluding hydrogens is 342 g/mol. The number of rotatable bonds is 5. The molecule has 106 valence electrons. The highest BCUT2D eigenvalue weighted by Gasteiger charge is 2.14. The molecule has 0 saturated heterocycles. The van der Waals surface area contributed by atoms with Crippen LogP contribution in [0.3, 0.4) is 0 Å². The number of benzene rings is 1. The zero-order chi connectivity index (χ0) is 14.5.